The number of para-hydroxylation sites is 1. The van der Waals surface area contributed by atoms with Gasteiger partial charge in [-0.15, -0.1) is 0 Å². The van der Waals surface area contributed by atoms with Crippen LogP contribution >= 0.6 is 11.6 Å². The molecule has 0 aliphatic carbocycles. The number of hydrogen-bond acceptors (Lipinski definition) is 3. The molecule has 1 amide bonds. The summed E-state index contributed by atoms with van der Waals surface area (Å²) in [5.41, 5.74) is 3.74. The predicted octanol–water partition coefficient (Wildman–Crippen LogP) is 4.12. The van der Waals surface area contributed by atoms with Gasteiger partial charge in [0.25, 0.3) is 0 Å². The molecule has 0 saturated carbocycles. The number of benzene rings is 2. The second-order valence-corrected chi connectivity index (χ2v) is 8.38. The summed E-state index contributed by atoms with van der Waals surface area (Å²) in [6, 6.07) is 16.9. The van der Waals surface area contributed by atoms with Crippen LogP contribution in [0, 0.1) is 5.92 Å². The van der Waals surface area contributed by atoms with Crippen molar-refractivity contribution in [1.82, 2.24) is 5.32 Å². The zero-order valence-electron chi connectivity index (χ0n) is 16.6. The smallest absolute Gasteiger partial charge is 0.225 e. The summed E-state index contributed by atoms with van der Waals surface area (Å²) < 4.78 is 0. The second-order valence-electron chi connectivity index (χ2n) is 7.94. The van der Waals surface area contributed by atoms with Crippen molar-refractivity contribution in [2.45, 2.75) is 38.8 Å². The van der Waals surface area contributed by atoms with Crippen LogP contribution < -0.4 is 15.1 Å². The van der Waals surface area contributed by atoms with Crippen LogP contribution in [0.5, 0.6) is 0 Å². The lowest BCUT2D eigenvalue weighted by Crippen LogP contribution is -2.61. The molecule has 0 bridgehead atoms. The quantitative estimate of drug-likeness (QED) is 0.842. The summed E-state index contributed by atoms with van der Waals surface area (Å²) in [5.74, 6) is 0.135. The summed E-state index contributed by atoms with van der Waals surface area (Å²) in [7, 11) is 0. The van der Waals surface area contributed by atoms with E-state index < -0.39 is 0 Å². The highest BCUT2D eigenvalue weighted by Gasteiger charge is 2.41. The highest BCUT2D eigenvalue weighted by Crippen LogP contribution is 2.37. The van der Waals surface area contributed by atoms with Gasteiger partial charge in [-0.2, -0.15) is 0 Å². The van der Waals surface area contributed by atoms with Crippen LogP contribution in [0.3, 0.4) is 0 Å². The van der Waals surface area contributed by atoms with Gasteiger partial charge in [-0.3, -0.25) is 4.79 Å². The highest BCUT2D eigenvalue weighted by atomic mass is 35.5. The lowest BCUT2D eigenvalue weighted by Gasteiger charge is -2.49. The van der Waals surface area contributed by atoms with E-state index in [1.807, 2.05) is 12.1 Å². The molecule has 1 N–H and O–H groups in total. The van der Waals surface area contributed by atoms with E-state index in [4.69, 9.17) is 11.6 Å². The first-order chi connectivity index (χ1) is 13.6. The van der Waals surface area contributed by atoms with Gasteiger partial charge in [-0.05, 0) is 55.7 Å². The number of nitrogens with zero attached hydrogens (tertiary/aromatic N) is 2. The van der Waals surface area contributed by atoms with E-state index in [1.54, 1.807) is 0 Å². The molecular formula is C23H28ClN3O. The predicted molar refractivity (Wildman–Crippen MR) is 116 cm³/mol. The van der Waals surface area contributed by atoms with Gasteiger partial charge in [-0.25, -0.2) is 0 Å². The monoisotopic (exact) mass is 397 g/mol. The first-order valence-electron chi connectivity index (χ1n) is 10.2. The lowest BCUT2D eigenvalue weighted by atomic mass is 9.83. The third kappa shape index (κ3) is 3.70. The van der Waals surface area contributed by atoms with Crippen LogP contribution in [0.1, 0.15) is 25.8 Å². The number of anilines is 2. The number of halogens is 1. The molecule has 0 aromatic heterocycles. The molecule has 1 saturated heterocycles. The Morgan fingerprint density at radius 3 is 2.68 bits per heavy atom. The van der Waals surface area contributed by atoms with E-state index in [-0.39, 0.29) is 23.9 Å². The SMILES string of the molecule is CCC(C)NC(=O)C1Cc2ccccc2N2CCN(c3ccc(Cl)cc3)CC12. The number of nitrogens with one attached hydrogen (secondary N) is 1. The third-order valence-electron chi connectivity index (χ3n) is 6.15. The van der Waals surface area contributed by atoms with Gasteiger partial charge in [0.1, 0.15) is 0 Å². The van der Waals surface area contributed by atoms with Crippen molar-refractivity contribution in [1.29, 1.82) is 0 Å². The van der Waals surface area contributed by atoms with Crippen molar-refractivity contribution in [2.24, 2.45) is 5.92 Å². The molecule has 3 atom stereocenters. The number of carbonyl (C=O) groups excluding carboxylic acids is 1. The number of piperazine rings is 1. The molecule has 2 aliphatic rings. The fourth-order valence-corrected chi connectivity index (χ4v) is 4.52. The molecule has 2 aromatic carbocycles. The van der Waals surface area contributed by atoms with E-state index in [0.29, 0.717) is 0 Å². The molecule has 3 unspecified atom stereocenters. The first kappa shape index (κ1) is 19.1. The maximum atomic E-state index is 13.1. The van der Waals surface area contributed by atoms with Crippen LogP contribution in [0.15, 0.2) is 48.5 Å². The number of carbonyl (C=O) groups is 1. The van der Waals surface area contributed by atoms with Crippen molar-refractivity contribution in [2.75, 3.05) is 29.4 Å². The zero-order valence-corrected chi connectivity index (χ0v) is 17.3. The van der Waals surface area contributed by atoms with Gasteiger partial charge in [0.15, 0.2) is 0 Å². The molecule has 28 heavy (non-hydrogen) atoms. The number of fused-ring (bicyclic) bond motifs is 3. The number of hydrogen-bond donors (Lipinski definition) is 1. The Morgan fingerprint density at radius 2 is 1.93 bits per heavy atom. The van der Waals surface area contributed by atoms with Crippen LogP contribution in [-0.2, 0) is 11.2 Å². The minimum absolute atomic E-state index is 0.0426. The molecule has 0 radical (unpaired) electrons. The van der Waals surface area contributed by atoms with Crippen molar-refractivity contribution >= 4 is 28.9 Å². The number of rotatable bonds is 4. The van der Waals surface area contributed by atoms with Crippen LogP contribution in [0.2, 0.25) is 5.02 Å². The maximum Gasteiger partial charge on any atom is 0.225 e. The third-order valence-corrected chi connectivity index (χ3v) is 6.41. The summed E-state index contributed by atoms with van der Waals surface area (Å²) in [5, 5.41) is 3.97. The summed E-state index contributed by atoms with van der Waals surface area (Å²) in [4.78, 5) is 18.0. The van der Waals surface area contributed by atoms with Gasteiger partial charge >= 0.3 is 0 Å². The van der Waals surface area contributed by atoms with Crippen LogP contribution in [0.4, 0.5) is 11.4 Å². The fraction of sp³-hybridized carbons (Fsp3) is 0.435. The van der Waals surface area contributed by atoms with Crippen LogP contribution in [-0.4, -0.2) is 37.6 Å². The average molecular weight is 398 g/mol. The fourth-order valence-electron chi connectivity index (χ4n) is 4.40. The molecule has 2 aliphatic heterocycles. The molecule has 1 fully saturated rings. The molecule has 0 spiro atoms. The van der Waals surface area contributed by atoms with Gasteiger partial charge in [0, 0.05) is 42.1 Å². The van der Waals surface area contributed by atoms with Crippen molar-refractivity contribution in [3.63, 3.8) is 0 Å². The van der Waals surface area contributed by atoms with Gasteiger partial charge in [0.05, 0.1) is 12.0 Å². The molecule has 4 rings (SSSR count). The second kappa shape index (κ2) is 8.04. The Hall–Kier alpha value is -2.20. The Bertz CT molecular complexity index is 838. The maximum absolute atomic E-state index is 13.1. The lowest BCUT2D eigenvalue weighted by molar-refractivity contribution is -0.126. The number of amides is 1. The van der Waals surface area contributed by atoms with E-state index in [2.05, 4.69) is 65.4 Å². The summed E-state index contributed by atoms with van der Waals surface area (Å²) in [6.45, 7) is 6.88. The summed E-state index contributed by atoms with van der Waals surface area (Å²) in [6.07, 6.45) is 1.74. The normalized spacial score (nSPS) is 22.2. The molecule has 2 heterocycles. The average Bonchev–Trinajstić information content (AvgIpc) is 2.73. The Morgan fingerprint density at radius 1 is 1.18 bits per heavy atom. The molecular weight excluding hydrogens is 370 g/mol. The van der Waals surface area contributed by atoms with E-state index in [1.165, 1.54) is 16.9 Å². The summed E-state index contributed by atoms with van der Waals surface area (Å²) >= 11 is 6.06. The van der Waals surface area contributed by atoms with Crippen molar-refractivity contribution < 1.29 is 4.79 Å². The van der Waals surface area contributed by atoms with E-state index >= 15 is 0 Å². The minimum Gasteiger partial charge on any atom is -0.368 e. The Kier molecular flexibility index (Phi) is 5.49. The van der Waals surface area contributed by atoms with Crippen molar-refractivity contribution in [3.8, 4) is 0 Å². The van der Waals surface area contributed by atoms with Crippen LogP contribution in [0.25, 0.3) is 0 Å². The largest absolute Gasteiger partial charge is 0.368 e. The zero-order chi connectivity index (χ0) is 19.7. The highest BCUT2D eigenvalue weighted by molar-refractivity contribution is 6.30. The van der Waals surface area contributed by atoms with Gasteiger partial charge < -0.3 is 15.1 Å². The van der Waals surface area contributed by atoms with Crippen molar-refractivity contribution in [3.05, 3.63) is 59.1 Å². The standard InChI is InChI=1S/C23H28ClN3O/c1-3-16(2)25-23(28)20-14-17-6-4-5-7-21(17)27-13-12-26(15-22(20)27)19-10-8-18(24)9-11-19/h4-11,16,20,22H,3,12-15H2,1-2H3,(H,25,28). The molecule has 148 valence electrons. The molecule has 4 nitrogen and oxygen atoms in total. The van der Waals surface area contributed by atoms with Gasteiger partial charge in [0.2, 0.25) is 5.91 Å². The Balaban J connectivity index is 1.62. The van der Waals surface area contributed by atoms with Gasteiger partial charge in [-0.1, -0.05) is 36.7 Å². The first-order valence-corrected chi connectivity index (χ1v) is 10.6. The molecule has 5 heteroatoms. The molecule has 2 aromatic rings. The Labute approximate surface area is 172 Å². The minimum atomic E-state index is -0.0426. The topological polar surface area (TPSA) is 35.6 Å². The van der Waals surface area contributed by atoms with E-state index in [9.17, 15) is 4.79 Å². The van der Waals surface area contributed by atoms with E-state index in [0.717, 1.165) is 37.5 Å².